The molecule has 0 aliphatic heterocycles. The maximum absolute atomic E-state index is 4.64. The SMILES string of the molecule is CCCC1CCC(c2nsc(NC(C)C)n2)CC1. The van der Waals surface area contributed by atoms with Crippen LogP contribution in [0.4, 0.5) is 5.13 Å². The van der Waals surface area contributed by atoms with E-state index in [0.29, 0.717) is 12.0 Å². The van der Waals surface area contributed by atoms with Crippen LogP contribution in [0.15, 0.2) is 0 Å². The molecule has 0 atom stereocenters. The Morgan fingerprint density at radius 1 is 1.28 bits per heavy atom. The highest BCUT2D eigenvalue weighted by Crippen LogP contribution is 2.37. The van der Waals surface area contributed by atoms with Crippen LogP contribution in [0.25, 0.3) is 0 Å². The lowest BCUT2D eigenvalue weighted by Gasteiger charge is -2.26. The number of hydrogen-bond acceptors (Lipinski definition) is 4. The number of aromatic nitrogens is 2. The van der Waals surface area contributed by atoms with E-state index in [9.17, 15) is 0 Å². The van der Waals surface area contributed by atoms with Gasteiger partial charge in [0.05, 0.1) is 0 Å². The van der Waals surface area contributed by atoms with Gasteiger partial charge in [0.2, 0.25) is 5.13 Å². The van der Waals surface area contributed by atoms with Crippen LogP contribution in [0.2, 0.25) is 0 Å². The Bertz CT molecular complexity index is 354. The van der Waals surface area contributed by atoms with Gasteiger partial charge in [0.25, 0.3) is 0 Å². The van der Waals surface area contributed by atoms with Crippen LogP contribution in [-0.4, -0.2) is 15.4 Å². The van der Waals surface area contributed by atoms with Crippen LogP contribution < -0.4 is 5.32 Å². The molecule has 0 amide bonds. The summed E-state index contributed by atoms with van der Waals surface area (Å²) in [6.45, 7) is 6.56. The average molecular weight is 267 g/mol. The van der Waals surface area contributed by atoms with Gasteiger partial charge in [-0.15, -0.1) is 0 Å². The van der Waals surface area contributed by atoms with E-state index < -0.39 is 0 Å². The van der Waals surface area contributed by atoms with Crippen molar-refractivity contribution >= 4 is 16.7 Å². The Morgan fingerprint density at radius 2 is 2.00 bits per heavy atom. The molecule has 1 aromatic heterocycles. The van der Waals surface area contributed by atoms with Gasteiger partial charge in [0, 0.05) is 23.5 Å². The number of rotatable bonds is 5. The van der Waals surface area contributed by atoms with Crippen molar-refractivity contribution in [2.24, 2.45) is 5.92 Å². The predicted octanol–water partition coefficient (Wildman–Crippen LogP) is 4.43. The summed E-state index contributed by atoms with van der Waals surface area (Å²) in [5, 5.41) is 4.32. The van der Waals surface area contributed by atoms with Crippen molar-refractivity contribution in [3.05, 3.63) is 5.82 Å². The summed E-state index contributed by atoms with van der Waals surface area (Å²) in [6, 6.07) is 0.436. The van der Waals surface area contributed by atoms with Crippen molar-refractivity contribution in [3.63, 3.8) is 0 Å². The molecule has 1 N–H and O–H groups in total. The van der Waals surface area contributed by atoms with E-state index in [2.05, 4.69) is 35.4 Å². The zero-order chi connectivity index (χ0) is 13.0. The van der Waals surface area contributed by atoms with E-state index in [4.69, 9.17) is 0 Å². The molecule has 0 aromatic carbocycles. The van der Waals surface area contributed by atoms with Gasteiger partial charge in [0.15, 0.2) is 0 Å². The van der Waals surface area contributed by atoms with Crippen LogP contribution >= 0.6 is 11.5 Å². The third-order valence-electron chi connectivity index (χ3n) is 3.76. The standard InChI is InChI=1S/C14H25N3S/c1-4-5-11-6-8-12(9-7-11)13-16-14(18-17-13)15-10(2)3/h10-12H,4-9H2,1-3H3,(H,15,16,17). The zero-order valence-corrected chi connectivity index (χ0v) is 12.6. The number of nitrogens with zero attached hydrogens (tertiary/aromatic N) is 2. The van der Waals surface area contributed by atoms with Crippen LogP contribution in [0, 0.1) is 5.92 Å². The third-order valence-corrected chi connectivity index (χ3v) is 4.42. The average Bonchev–Trinajstić information content (AvgIpc) is 2.78. The first kappa shape index (κ1) is 13.8. The molecule has 0 saturated heterocycles. The van der Waals surface area contributed by atoms with Gasteiger partial charge in [-0.3, -0.25) is 0 Å². The maximum Gasteiger partial charge on any atom is 0.202 e. The lowest BCUT2D eigenvalue weighted by atomic mass is 9.80. The normalized spacial score (nSPS) is 24.4. The van der Waals surface area contributed by atoms with E-state index >= 15 is 0 Å². The summed E-state index contributed by atoms with van der Waals surface area (Å²) < 4.78 is 4.53. The van der Waals surface area contributed by atoms with E-state index in [1.165, 1.54) is 50.1 Å². The summed E-state index contributed by atoms with van der Waals surface area (Å²) in [4.78, 5) is 4.64. The number of hydrogen-bond donors (Lipinski definition) is 1. The summed E-state index contributed by atoms with van der Waals surface area (Å²) in [5.41, 5.74) is 0. The second-order valence-electron chi connectivity index (χ2n) is 5.76. The third kappa shape index (κ3) is 3.67. The molecular formula is C14H25N3S. The molecule has 0 spiro atoms. The van der Waals surface area contributed by atoms with Gasteiger partial charge in [-0.05, 0) is 45.4 Å². The number of nitrogens with one attached hydrogen (secondary N) is 1. The van der Waals surface area contributed by atoms with Crippen molar-refractivity contribution in [3.8, 4) is 0 Å². The largest absolute Gasteiger partial charge is 0.358 e. The minimum absolute atomic E-state index is 0.436. The van der Waals surface area contributed by atoms with Gasteiger partial charge in [-0.25, -0.2) is 4.98 Å². The smallest absolute Gasteiger partial charge is 0.202 e. The van der Waals surface area contributed by atoms with Crippen LogP contribution in [-0.2, 0) is 0 Å². The van der Waals surface area contributed by atoms with Gasteiger partial charge < -0.3 is 5.32 Å². The quantitative estimate of drug-likeness (QED) is 0.857. The Labute approximate surface area is 115 Å². The van der Waals surface area contributed by atoms with Crippen LogP contribution in [0.5, 0.6) is 0 Å². The molecule has 1 heterocycles. The molecule has 1 saturated carbocycles. The molecule has 18 heavy (non-hydrogen) atoms. The first-order valence-electron chi connectivity index (χ1n) is 7.29. The minimum Gasteiger partial charge on any atom is -0.358 e. The van der Waals surface area contributed by atoms with Crippen LogP contribution in [0.1, 0.15) is 71.0 Å². The minimum atomic E-state index is 0.436. The van der Waals surface area contributed by atoms with Gasteiger partial charge in [-0.2, -0.15) is 4.37 Å². The molecule has 3 nitrogen and oxygen atoms in total. The molecule has 1 aliphatic carbocycles. The molecule has 0 radical (unpaired) electrons. The summed E-state index contributed by atoms with van der Waals surface area (Å²) in [7, 11) is 0. The van der Waals surface area contributed by atoms with Crippen molar-refractivity contribution in [1.82, 2.24) is 9.36 Å². The summed E-state index contributed by atoms with van der Waals surface area (Å²) in [6.07, 6.45) is 8.02. The first-order chi connectivity index (χ1) is 8.69. The van der Waals surface area contributed by atoms with Crippen molar-refractivity contribution in [2.75, 3.05) is 5.32 Å². The van der Waals surface area contributed by atoms with Gasteiger partial charge in [0.1, 0.15) is 5.82 Å². The van der Waals surface area contributed by atoms with Crippen molar-refractivity contribution in [1.29, 1.82) is 0 Å². The molecule has 0 bridgehead atoms. The van der Waals surface area contributed by atoms with Gasteiger partial charge >= 0.3 is 0 Å². The molecule has 1 aromatic rings. The molecule has 1 aliphatic rings. The summed E-state index contributed by atoms with van der Waals surface area (Å²) in [5.74, 6) is 2.65. The number of anilines is 1. The maximum atomic E-state index is 4.64. The fourth-order valence-corrected chi connectivity index (χ4v) is 3.62. The molecule has 102 valence electrons. The highest BCUT2D eigenvalue weighted by Gasteiger charge is 2.24. The second kappa shape index (κ2) is 6.50. The Balaban J connectivity index is 1.87. The van der Waals surface area contributed by atoms with Gasteiger partial charge in [-0.1, -0.05) is 19.8 Å². The predicted molar refractivity (Wildman–Crippen MR) is 78.3 cm³/mol. The fraction of sp³-hybridized carbons (Fsp3) is 0.857. The first-order valence-corrected chi connectivity index (χ1v) is 8.06. The second-order valence-corrected chi connectivity index (χ2v) is 6.51. The van der Waals surface area contributed by atoms with Crippen molar-refractivity contribution in [2.45, 2.75) is 71.3 Å². The van der Waals surface area contributed by atoms with E-state index in [1.54, 1.807) is 0 Å². The zero-order valence-electron chi connectivity index (χ0n) is 11.8. The highest BCUT2D eigenvalue weighted by molar-refractivity contribution is 7.09. The van der Waals surface area contributed by atoms with Crippen LogP contribution in [0.3, 0.4) is 0 Å². The Morgan fingerprint density at radius 3 is 2.61 bits per heavy atom. The van der Waals surface area contributed by atoms with E-state index in [-0.39, 0.29) is 0 Å². The highest BCUT2D eigenvalue weighted by atomic mass is 32.1. The fourth-order valence-electron chi connectivity index (χ4n) is 2.82. The Hall–Kier alpha value is -0.640. The lowest BCUT2D eigenvalue weighted by molar-refractivity contribution is 0.303. The molecule has 1 fully saturated rings. The monoisotopic (exact) mass is 267 g/mol. The molecule has 4 heteroatoms. The topological polar surface area (TPSA) is 37.8 Å². The Kier molecular flexibility index (Phi) is 4.98. The molecule has 2 rings (SSSR count). The van der Waals surface area contributed by atoms with E-state index in [0.717, 1.165) is 16.9 Å². The molecular weight excluding hydrogens is 242 g/mol. The lowest BCUT2D eigenvalue weighted by Crippen LogP contribution is -2.14. The molecule has 0 unspecified atom stereocenters. The van der Waals surface area contributed by atoms with Crippen molar-refractivity contribution < 1.29 is 0 Å². The van der Waals surface area contributed by atoms with E-state index in [1.807, 2.05) is 0 Å². The summed E-state index contributed by atoms with van der Waals surface area (Å²) >= 11 is 1.51.